The largest absolute Gasteiger partial charge is 0.478 e. The summed E-state index contributed by atoms with van der Waals surface area (Å²) in [7, 11) is 0. The fourth-order valence-corrected chi connectivity index (χ4v) is 1.30. The molecule has 62 valence electrons. The summed E-state index contributed by atoms with van der Waals surface area (Å²) in [6.45, 7) is 0. The Morgan fingerprint density at radius 2 is 2.58 bits per heavy atom. The summed E-state index contributed by atoms with van der Waals surface area (Å²) in [6, 6.07) is 0.112. The van der Waals surface area contributed by atoms with Crippen LogP contribution >= 0.6 is 0 Å². The molecule has 0 radical (unpaired) electrons. The second-order valence-corrected chi connectivity index (χ2v) is 2.72. The summed E-state index contributed by atoms with van der Waals surface area (Å²) in [5, 5.41) is 14.5. The predicted molar refractivity (Wildman–Crippen MR) is 43.6 cm³/mol. The summed E-state index contributed by atoms with van der Waals surface area (Å²) in [4.78, 5) is 10.6. The minimum Gasteiger partial charge on any atom is -0.478 e. The quantitative estimate of drug-likeness (QED) is 0.617. The Labute approximate surface area is 69.5 Å². The van der Waals surface area contributed by atoms with Crippen molar-refractivity contribution in [3.05, 3.63) is 23.9 Å². The number of carbonyl (C=O) groups is 1. The van der Waals surface area contributed by atoms with Crippen LogP contribution in [-0.2, 0) is 4.79 Å². The van der Waals surface area contributed by atoms with E-state index in [2.05, 4.69) is 5.10 Å². The summed E-state index contributed by atoms with van der Waals surface area (Å²) in [5.74, 6) is -0.877. The minimum atomic E-state index is -0.877. The molecule has 1 N–H and O–H groups in total. The molecule has 0 bridgehead atoms. The van der Waals surface area contributed by atoms with Crippen molar-refractivity contribution in [2.24, 2.45) is 5.10 Å². The third kappa shape index (κ3) is 1.01. The lowest BCUT2D eigenvalue weighted by atomic mass is 10.1. The first-order valence-corrected chi connectivity index (χ1v) is 3.71. The van der Waals surface area contributed by atoms with Gasteiger partial charge in [-0.2, -0.15) is 5.10 Å². The smallest absolute Gasteiger partial charge is 0.335 e. The van der Waals surface area contributed by atoms with Crippen molar-refractivity contribution in [1.82, 2.24) is 5.01 Å². The Bertz CT molecular complexity index is 304. The highest BCUT2D eigenvalue weighted by molar-refractivity contribution is 5.90. The van der Waals surface area contributed by atoms with E-state index in [1.807, 2.05) is 0 Å². The molecule has 0 saturated heterocycles. The van der Waals surface area contributed by atoms with Crippen molar-refractivity contribution >= 4 is 12.2 Å². The van der Waals surface area contributed by atoms with Gasteiger partial charge in [0.15, 0.2) is 0 Å². The van der Waals surface area contributed by atoms with Crippen LogP contribution in [0.4, 0.5) is 0 Å². The van der Waals surface area contributed by atoms with E-state index < -0.39 is 5.97 Å². The number of hydrogen-bond donors (Lipinski definition) is 1. The average molecular weight is 164 g/mol. The molecule has 2 aliphatic rings. The van der Waals surface area contributed by atoms with Crippen LogP contribution < -0.4 is 0 Å². The van der Waals surface area contributed by atoms with Crippen LogP contribution in [0.3, 0.4) is 0 Å². The number of aliphatic carboxylic acids is 1. The fraction of sp³-hybridized carbons (Fsp3) is 0.250. The summed E-state index contributed by atoms with van der Waals surface area (Å²) >= 11 is 0. The Kier molecular flexibility index (Phi) is 1.46. The Morgan fingerprint density at radius 1 is 1.75 bits per heavy atom. The first-order chi connectivity index (χ1) is 5.77. The zero-order valence-electron chi connectivity index (χ0n) is 6.34. The molecule has 1 unspecified atom stereocenters. The molecule has 12 heavy (non-hydrogen) atoms. The van der Waals surface area contributed by atoms with Gasteiger partial charge in [-0.05, 0) is 12.2 Å². The maximum absolute atomic E-state index is 10.6. The number of rotatable bonds is 1. The van der Waals surface area contributed by atoms with Gasteiger partial charge in [0.1, 0.15) is 0 Å². The van der Waals surface area contributed by atoms with E-state index in [-0.39, 0.29) is 6.04 Å². The molecule has 0 amide bonds. The van der Waals surface area contributed by atoms with Crippen LogP contribution in [-0.4, -0.2) is 28.3 Å². The zero-order chi connectivity index (χ0) is 8.55. The first-order valence-electron chi connectivity index (χ1n) is 3.71. The van der Waals surface area contributed by atoms with Gasteiger partial charge in [-0.3, -0.25) is 5.01 Å². The van der Waals surface area contributed by atoms with Gasteiger partial charge >= 0.3 is 5.97 Å². The van der Waals surface area contributed by atoms with Crippen molar-refractivity contribution in [3.8, 4) is 0 Å². The van der Waals surface area contributed by atoms with Gasteiger partial charge in [0.2, 0.25) is 0 Å². The van der Waals surface area contributed by atoms with E-state index in [0.29, 0.717) is 5.57 Å². The molecule has 0 saturated carbocycles. The van der Waals surface area contributed by atoms with Crippen LogP contribution in [0, 0.1) is 0 Å². The molecule has 1 atom stereocenters. The van der Waals surface area contributed by atoms with Crippen molar-refractivity contribution in [3.63, 3.8) is 0 Å². The molecule has 2 rings (SSSR count). The van der Waals surface area contributed by atoms with Crippen LogP contribution in [0.2, 0.25) is 0 Å². The van der Waals surface area contributed by atoms with Gasteiger partial charge in [-0.25, -0.2) is 4.79 Å². The second kappa shape index (κ2) is 2.48. The van der Waals surface area contributed by atoms with Crippen LogP contribution in [0.5, 0.6) is 0 Å². The van der Waals surface area contributed by atoms with Gasteiger partial charge in [0, 0.05) is 18.8 Å². The molecule has 0 fully saturated rings. The Balaban J connectivity index is 2.23. The third-order valence-corrected chi connectivity index (χ3v) is 1.93. The summed E-state index contributed by atoms with van der Waals surface area (Å²) < 4.78 is 0. The maximum atomic E-state index is 10.6. The third-order valence-electron chi connectivity index (χ3n) is 1.93. The fourth-order valence-electron chi connectivity index (χ4n) is 1.30. The SMILES string of the molecule is O=C(O)C1=CC2CC=NN2C=C1. The van der Waals surface area contributed by atoms with Crippen molar-refractivity contribution in [2.75, 3.05) is 0 Å². The number of nitrogens with zero attached hydrogens (tertiary/aromatic N) is 2. The van der Waals surface area contributed by atoms with E-state index in [9.17, 15) is 4.79 Å². The van der Waals surface area contributed by atoms with Gasteiger partial charge in [0.25, 0.3) is 0 Å². The van der Waals surface area contributed by atoms with Gasteiger partial charge in [0.05, 0.1) is 11.6 Å². The zero-order valence-corrected chi connectivity index (χ0v) is 6.34. The predicted octanol–water partition coefficient (Wildman–Crippen LogP) is 0.585. The highest BCUT2D eigenvalue weighted by Crippen LogP contribution is 2.19. The van der Waals surface area contributed by atoms with Crippen molar-refractivity contribution < 1.29 is 9.90 Å². The van der Waals surface area contributed by atoms with Crippen LogP contribution in [0.15, 0.2) is 29.0 Å². The van der Waals surface area contributed by atoms with E-state index in [0.717, 1.165) is 6.42 Å². The standard InChI is InChI=1S/C8H8N2O2/c11-8(12)6-2-4-10-7(5-6)1-3-9-10/h2-5,7H,1H2,(H,11,12). The van der Waals surface area contributed by atoms with E-state index in [1.54, 1.807) is 29.6 Å². The molecule has 4 nitrogen and oxygen atoms in total. The Morgan fingerprint density at radius 3 is 3.33 bits per heavy atom. The molecule has 0 spiro atoms. The topological polar surface area (TPSA) is 52.9 Å². The molecule has 0 aromatic carbocycles. The lowest BCUT2D eigenvalue weighted by Crippen LogP contribution is -2.23. The molecule has 0 aromatic rings. The van der Waals surface area contributed by atoms with Gasteiger partial charge in [-0.1, -0.05) is 0 Å². The van der Waals surface area contributed by atoms with Gasteiger partial charge < -0.3 is 5.11 Å². The molecule has 4 heteroatoms. The highest BCUT2D eigenvalue weighted by atomic mass is 16.4. The first kappa shape index (κ1) is 7.09. The average Bonchev–Trinajstić information content (AvgIpc) is 2.49. The molecule has 2 heterocycles. The number of fused-ring (bicyclic) bond motifs is 1. The number of carboxylic acids is 1. The van der Waals surface area contributed by atoms with Gasteiger partial charge in [-0.15, -0.1) is 0 Å². The molecule has 0 aromatic heterocycles. The minimum absolute atomic E-state index is 0.112. The summed E-state index contributed by atoms with van der Waals surface area (Å²) in [6.07, 6.45) is 7.55. The lowest BCUT2D eigenvalue weighted by molar-refractivity contribution is -0.132. The normalized spacial score (nSPS) is 25.5. The van der Waals surface area contributed by atoms with E-state index >= 15 is 0 Å². The maximum Gasteiger partial charge on any atom is 0.335 e. The van der Waals surface area contributed by atoms with Crippen molar-refractivity contribution in [1.29, 1.82) is 0 Å². The van der Waals surface area contributed by atoms with Crippen LogP contribution in [0.25, 0.3) is 0 Å². The number of carboxylic acid groups (broad SMARTS) is 1. The van der Waals surface area contributed by atoms with Crippen molar-refractivity contribution in [2.45, 2.75) is 12.5 Å². The second-order valence-electron chi connectivity index (χ2n) is 2.72. The lowest BCUT2D eigenvalue weighted by Gasteiger charge is -2.20. The number of hydrazone groups is 1. The molecule has 0 aliphatic carbocycles. The molecular weight excluding hydrogens is 156 g/mol. The molecule has 2 aliphatic heterocycles. The summed E-state index contributed by atoms with van der Waals surface area (Å²) in [5.41, 5.74) is 0.349. The van der Waals surface area contributed by atoms with Crippen LogP contribution in [0.1, 0.15) is 6.42 Å². The van der Waals surface area contributed by atoms with E-state index in [4.69, 9.17) is 5.11 Å². The molecular formula is C8H8N2O2. The number of hydrogen-bond acceptors (Lipinski definition) is 3. The van der Waals surface area contributed by atoms with E-state index in [1.165, 1.54) is 0 Å². The monoisotopic (exact) mass is 164 g/mol. The Hall–Kier alpha value is -1.58. The highest BCUT2D eigenvalue weighted by Gasteiger charge is 2.21.